The first-order valence-electron chi connectivity index (χ1n) is 7.15. The van der Waals surface area contributed by atoms with E-state index in [0.29, 0.717) is 30.3 Å². The maximum atomic E-state index is 12.1. The van der Waals surface area contributed by atoms with Crippen LogP contribution in [0.1, 0.15) is 5.56 Å². The molecule has 0 spiro atoms. The molecule has 0 atom stereocenters. The van der Waals surface area contributed by atoms with Crippen molar-refractivity contribution in [3.05, 3.63) is 48.0 Å². The lowest BCUT2D eigenvalue weighted by atomic mass is 10.2. The molecular weight excluding hydrogens is 280 g/mol. The highest BCUT2D eigenvalue weighted by Crippen LogP contribution is 2.33. The van der Waals surface area contributed by atoms with Gasteiger partial charge in [0.1, 0.15) is 18.1 Å². The fourth-order valence-electron chi connectivity index (χ4n) is 2.35. The third kappa shape index (κ3) is 2.98. The van der Waals surface area contributed by atoms with Crippen molar-refractivity contribution in [1.82, 2.24) is 0 Å². The Bertz CT molecular complexity index is 683. The molecule has 1 heterocycles. The van der Waals surface area contributed by atoms with Crippen molar-refractivity contribution in [2.45, 2.75) is 6.92 Å². The first-order valence-corrected chi connectivity index (χ1v) is 7.15. The van der Waals surface area contributed by atoms with Crippen LogP contribution in [0.25, 0.3) is 0 Å². The second-order valence-corrected chi connectivity index (χ2v) is 5.22. The van der Waals surface area contributed by atoms with Crippen molar-refractivity contribution in [3.8, 4) is 11.5 Å². The Kier molecular flexibility index (Phi) is 3.87. The first kappa shape index (κ1) is 14.3. The molecule has 1 aliphatic heterocycles. The molecule has 0 unspecified atom stereocenters. The zero-order valence-electron chi connectivity index (χ0n) is 12.4. The minimum absolute atomic E-state index is 0.0431. The van der Waals surface area contributed by atoms with Crippen LogP contribution in [0, 0.1) is 6.92 Å². The van der Waals surface area contributed by atoms with E-state index < -0.39 is 0 Å². The van der Waals surface area contributed by atoms with Crippen LogP contribution in [0.4, 0.5) is 11.4 Å². The summed E-state index contributed by atoms with van der Waals surface area (Å²) in [6.45, 7) is 2.93. The van der Waals surface area contributed by atoms with Crippen LogP contribution >= 0.6 is 0 Å². The number of carbonyl (C=O) groups is 1. The number of rotatable bonds is 4. The van der Waals surface area contributed by atoms with E-state index in [1.807, 2.05) is 31.2 Å². The van der Waals surface area contributed by atoms with E-state index in [-0.39, 0.29) is 12.5 Å². The fraction of sp³-hybridized carbons (Fsp3) is 0.235. The number of amides is 1. The van der Waals surface area contributed by atoms with Crippen LogP contribution in [0.5, 0.6) is 11.5 Å². The highest BCUT2D eigenvalue weighted by Gasteiger charge is 2.25. The minimum Gasteiger partial charge on any atom is -0.492 e. The van der Waals surface area contributed by atoms with Crippen molar-refractivity contribution in [2.75, 3.05) is 30.4 Å². The van der Waals surface area contributed by atoms with E-state index in [9.17, 15) is 4.79 Å². The van der Waals surface area contributed by atoms with E-state index in [4.69, 9.17) is 15.2 Å². The number of nitrogen functional groups attached to an aromatic ring is 1. The second-order valence-electron chi connectivity index (χ2n) is 5.22. The van der Waals surface area contributed by atoms with Crippen LogP contribution in [-0.4, -0.2) is 25.7 Å². The van der Waals surface area contributed by atoms with Crippen molar-refractivity contribution >= 4 is 17.3 Å². The molecule has 0 saturated carbocycles. The Hall–Kier alpha value is -2.69. The average Bonchev–Trinajstić information content (AvgIpc) is 2.51. The van der Waals surface area contributed by atoms with Gasteiger partial charge in [-0.1, -0.05) is 17.7 Å². The van der Waals surface area contributed by atoms with Crippen molar-refractivity contribution in [1.29, 1.82) is 0 Å². The van der Waals surface area contributed by atoms with E-state index in [1.54, 1.807) is 23.1 Å². The van der Waals surface area contributed by atoms with Gasteiger partial charge in [-0.15, -0.1) is 0 Å². The smallest absolute Gasteiger partial charge is 0.265 e. The van der Waals surface area contributed by atoms with E-state index >= 15 is 0 Å². The summed E-state index contributed by atoms with van der Waals surface area (Å²) in [6.07, 6.45) is 0. The molecule has 5 nitrogen and oxygen atoms in total. The molecule has 2 aromatic rings. The van der Waals surface area contributed by atoms with Gasteiger partial charge in [-0.2, -0.15) is 0 Å². The summed E-state index contributed by atoms with van der Waals surface area (Å²) in [5.74, 6) is 1.37. The predicted molar refractivity (Wildman–Crippen MR) is 85.4 cm³/mol. The number of carbonyl (C=O) groups excluding carboxylic acids is 1. The monoisotopic (exact) mass is 298 g/mol. The van der Waals surface area contributed by atoms with E-state index in [0.717, 1.165) is 5.75 Å². The molecule has 0 aromatic heterocycles. The van der Waals surface area contributed by atoms with Crippen molar-refractivity contribution in [2.24, 2.45) is 0 Å². The van der Waals surface area contributed by atoms with Gasteiger partial charge in [0.15, 0.2) is 6.61 Å². The number of ether oxygens (including phenoxy) is 2. The third-order valence-corrected chi connectivity index (χ3v) is 3.53. The number of aryl methyl sites for hydroxylation is 1. The van der Waals surface area contributed by atoms with Gasteiger partial charge in [-0.05, 0) is 37.3 Å². The Labute approximate surface area is 129 Å². The van der Waals surface area contributed by atoms with Crippen LogP contribution in [0.2, 0.25) is 0 Å². The zero-order valence-corrected chi connectivity index (χ0v) is 12.4. The van der Waals surface area contributed by atoms with Gasteiger partial charge in [0, 0.05) is 5.69 Å². The van der Waals surface area contributed by atoms with Crippen molar-refractivity contribution in [3.63, 3.8) is 0 Å². The first-order chi connectivity index (χ1) is 10.6. The summed E-state index contributed by atoms with van der Waals surface area (Å²) in [6, 6.07) is 13.1. The lowest BCUT2D eigenvalue weighted by molar-refractivity contribution is -0.121. The lowest BCUT2D eigenvalue weighted by Crippen LogP contribution is -2.41. The molecule has 2 N–H and O–H groups in total. The standard InChI is InChI=1S/C17H18N2O3/c1-12-2-5-14(6-3-12)21-9-8-19-15-10-13(18)4-7-16(15)22-11-17(19)20/h2-7,10H,8-9,11,18H2,1H3. The number of anilines is 2. The number of nitrogens with zero attached hydrogens (tertiary/aromatic N) is 1. The van der Waals surface area contributed by atoms with Gasteiger partial charge in [-0.25, -0.2) is 0 Å². The van der Waals surface area contributed by atoms with Gasteiger partial charge < -0.3 is 20.1 Å². The van der Waals surface area contributed by atoms with Gasteiger partial charge in [0.05, 0.1) is 12.2 Å². The Balaban J connectivity index is 1.68. The SMILES string of the molecule is Cc1ccc(OCCN2C(=O)COc3ccc(N)cc32)cc1. The number of fused-ring (bicyclic) bond motifs is 1. The molecule has 0 saturated heterocycles. The molecule has 0 bridgehead atoms. The lowest BCUT2D eigenvalue weighted by Gasteiger charge is -2.29. The molecule has 1 aliphatic rings. The number of benzene rings is 2. The zero-order chi connectivity index (χ0) is 15.5. The van der Waals surface area contributed by atoms with Gasteiger partial charge >= 0.3 is 0 Å². The molecule has 114 valence electrons. The maximum absolute atomic E-state index is 12.1. The molecule has 0 aliphatic carbocycles. The Morgan fingerprint density at radius 3 is 2.77 bits per heavy atom. The maximum Gasteiger partial charge on any atom is 0.265 e. The summed E-state index contributed by atoms with van der Waals surface area (Å²) in [7, 11) is 0. The number of nitrogens with two attached hydrogens (primary N) is 1. The van der Waals surface area contributed by atoms with E-state index in [1.165, 1.54) is 5.56 Å². The Morgan fingerprint density at radius 2 is 2.00 bits per heavy atom. The van der Waals surface area contributed by atoms with Gasteiger partial charge in [0.25, 0.3) is 5.91 Å². The summed E-state index contributed by atoms with van der Waals surface area (Å²) in [5.41, 5.74) is 8.28. The minimum atomic E-state index is -0.0920. The third-order valence-electron chi connectivity index (χ3n) is 3.53. The number of hydrogen-bond donors (Lipinski definition) is 1. The topological polar surface area (TPSA) is 64.8 Å². The fourth-order valence-corrected chi connectivity index (χ4v) is 2.35. The van der Waals surface area contributed by atoms with Crippen LogP contribution in [0.15, 0.2) is 42.5 Å². The van der Waals surface area contributed by atoms with Crippen LogP contribution in [0.3, 0.4) is 0 Å². The highest BCUT2D eigenvalue weighted by atomic mass is 16.5. The van der Waals surface area contributed by atoms with E-state index in [2.05, 4.69) is 0 Å². The largest absolute Gasteiger partial charge is 0.492 e. The van der Waals surface area contributed by atoms with Crippen molar-refractivity contribution < 1.29 is 14.3 Å². The molecule has 2 aromatic carbocycles. The average molecular weight is 298 g/mol. The molecule has 1 amide bonds. The summed E-state index contributed by atoms with van der Waals surface area (Å²) in [4.78, 5) is 13.7. The Morgan fingerprint density at radius 1 is 1.23 bits per heavy atom. The molecule has 0 radical (unpaired) electrons. The predicted octanol–water partition coefficient (Wildman–Crippen LogP) is 2.38. The summed E-state index contributed by atoms with van der Waals surface area (Å²) >= 11 is 0. The van der Waals surface area contributed by atoms with Crippen LogP contribution in [-0.2, 0) is 4.79 Å². The molecule has 22 heavy (non-hydrogen) atoms. The number of hydrogen-bond acceptors (Lipinski definition) is 4. The quantitative estimate of drug-likeness (QED) is 0.880. The molecule has 3 rings (SSSR count). The molecular formula is C17H18N2O3. The van der Waals surface area contributed by atoms with Gasteiger partial charge in [0.2, 0.25) is 0 Å². The normalized spacial score (nSPS) is 13.5. The summed E-state index contributed by atoms with van der Waals surface area (Å²) < 4.78 is 11.1. The molecule has 0 fully saturated rings. The van der Waals surface area contributed by atoms with Gasteiger partial charge in [-0.3, -0.25) is 4.79 Å². The second kappa shape index (κ2) is 5.97. The molecule has 5 heteroatoms. The summed E-state index contributed by atoms with van der Waals surface area (Å²) in [5, 5.41) is 0. The van der Waals surface area contributed by atoms with Crippen LogP contribution < -0.4 is 20.1 Å². The highest BCUT2D eigenvalue weighted by molar-refractivity contribution is 5.98.